The zero-order valence-corrected chi connectivity index (χ0v) is 24.9. The van der Waals surface area contributed by atoms with Crippen LogP contribution in [-0.4, -0.2) is 15.0 Å². The van der Waals surface area contributed by atoms with E-state index >= 15 is 0 Å². The van der Waals surface area contributed by atoms with Crippen molar-refractivity contribution in [1.82, 2.24) is 15.0 Å². The number of rotatable bonds is 4. The number of hydrogen-bond donors (Lipinski definition) is 0. The standard InChI is InChI=1S/C43H27N3/c1-3-10-28(11-4-1)37-27-39(30-12-5-2-6-13-30)45-40-26-36(34-15-7-8-16-35(34)41(37)40)29-17-19-31(20-18-29)38-24-23-33-22-21-32-14-9-25-44-42(32)43(33)46-38/h1-27H. The SMILES string of the molecule is c1ccc(-c2cc(-c3ccccc3)c3c(cc(-c4ccc(-c5ccc6ccc7cccnc7c6n5)cc4)c4ccccc43)n2)cc1. The van der Waals surface area contributed by atoms with Crippen LogP contribution in [0.3, 0.4) is 0 Å². The zero-order chi connectivity index (χ0) is 30.5. The van der Waals surface area contributed by atoms with Gasteiger partial charge in [0, 0.05) is 33.5 Å². The predicted molar refractivity (Wildman–Crippen MR) is 192 cm³/mol. The molecular formula is C43H27N3. The van der Waals surface area contributed by atoms with E-state index in [2.05, 4.69) is 151 Å². The molecule has 0 fully saturated rings. The molecule has 3 heterocycles. The minimum absolute atomic E-state index is 0.926. The lowest BCUT2D eigenvalue weighted by molar-refractivity contribution is 1.37. The lowest BCUT2D eigenvalue weighted by Gasteiger charge is -2.16. The van der Waals surface area contributed by atoms with Crippen LogP contribution in [0.4, 0.5) is 0 Å². The van der Waals surface area contributed by atoms with Gasteiger partial charge in [-0.3, -0.25) is 4.98 Å². The van der Waals surface area contributed by atoms with Gasteiger partial charge in [0.15, 0.2) is 0 Å². The van der Waals surface area contributed by atoms with E-state index in [1.165, 1.54) is 27.3 Å². The number of fused-ring (bicyclic) bond motifs is 6. The van der Waals surface area contributed by atoms with E-state index in [9.17, 15) is 0 Å². The van der Waals surface area contributed by atoms with Crippen LogP contribution in [0.15, 0.2) is 164 Å². The Morgan fingerprint density at radius 1 is 0.370 bits per heavy atom. The third-order valence-corrected chi connectivity index (χ3v) is 8.89. The minimum Gasteiger partial charge on any atom is -0.254 e. The fourth-order valence-corrected chi connectivity index (χ4v) is 6.65. The average Bonchev–Trinajstić information content (AvgIpc) is 3.14. The van der Waals surface area contributed by atoms with Gasteiger partial charge in [0.05, 0.1) is 27.9 Å². The average molecular weight is 586 g/mol. The molecule has 214 valence electrons. The highest BCUT2D eigenvalue weighted by molar-refractivity contribution is 6.18. The summed E-state index contributed by atoms with van der Waals surface area (Å²) in [4.78, 5) is 15.0. The van der Waals surface area contributed by atoms with E-state index in [-0.39, 0.29) is 0 Å². The first kappa shape index (κ1) is 26.2. The quantitative estimate of drug-likeness (QED) is 0.193. The molecule has 6 aromatic carbocycles. The van der Waals surface area contributed by atoms with E-state index in [0.717, 1.165) is 61.0 Å². The van der Waals surface area contributed by atoms with Crippen LogP contribution >= 0.6 is 0 Å². The molecule has 3 heteroatoms. The first-order valence-corrected chi connectivity index (χ1v) is 15.5. The Morgan fingerprint density at radius 3 is 1.76 bits per heavy atom. The number of aromatic nitrogens is 3. The molecule has 0 atom stereocenters. The molecule has 0 radical (unpaired) electrons. The van der Waals surface area contributed by atoms with E-state index in [0.29, 0.717) is 0 Å². The van der Waals surface area contributed by atoms with Crippen molar-refractivity contribution in [2.75, 3.05) is 0 Å². The summed E-state index contributed by atoms with van der Waals surface area (Å²) in [5, 5.41) is 5.75. The van der Waals surface area contributed by atoms with Gasteiger partial charge in [-0.2, -0.15) is 0 Å². The van der Waals surface area contributed by atoms with E-state index in [1.807, 2.05) is 18.3 Å². The summed E-state index contributed by atoms with van der Waals surface area (Å²) < 4.78 is 0. The van der Waals surface area contributed by atoms with Crippen LogP contribution in [-0.2, 0) is 0 Å². The van der Waals surface area contributed by atoms with Crippen molar-refractivity contribution < 1.29 is 0 Å². The first-order chi connectivity index (χ1) is 22.8. The molecule has 0 N–H and O–H groups in total. The number of pyridine rings is 3. The van der Waals surface area contributed by atoms with E-state index in [1.54, 1.807) is 0 Å². The molecule has 0 unspecified atom stereocenters. The highest BCUT2D eigenvalue weighted by atomic mass is 14.8. The van der Waals surface area contributed by atoms with Gasteiger partial charge >= 0.3 is 0 Å². The lowest BCUT2D eigenvalue weighted by Crippen LogP contribution is -1.93. The molecule has 0 saturated carbocycles. The molecule has 46 heavy (non-hydrogen) atoms. The molecular weight excluding hydrogens is 558 g/mol. The largest absolute Gasteiger partial charge is 0.254 e. The Bertz CT molecular complexity index is 2560. The Labute approximate surface area is 266 Å². The summed E-state index contributed by atoms with van der Waals surface area (Å²) in [5.41, 5.74) is 11.6. The highest BCUT2D eigenvalue weighted by Crippen LogP contribution is 2.41. The molecule has 3 aromatic heterocycles. The maximum atomic E-state index is 5.27. The van der Waals surface area contributed by atoms with Gasteiger partial charge < -0.3 is 0 Å². The van der Waals surface area contributed by atoms with Gasteiger partial charge in [-0.1, -0.05) is 133 Å². The second-order valence-electron chi connectivity index (χ2n) is 11.6. The van der Waals surface area contributed by atoms with Gasteiger partial charge in [0.2, 0.25) is 0 Å². The van der Waals surface area contributed by atoms with Crippen molar-refractivity contribution in [2.45, 2.75) is 0 Å². The highest BCUT2D eigenvalue weighted by Gasteiger charge is 2.16. The van der Waals surface area contributed by atoms with E-state index in [4.69, 9.17) is 9.97 Å². The summed E-state index contributed by atoms with van der Waals surface area (Å²) in [5.74, 6) is 0. The summed E-state index contributed by atoms with van der Waals surface area (Å²) in [6.45, 7) is 0. The Morgan fingerprint density at radius 2 is 0.978 bits per heavy atom. The minimum atomic E-state index is 0.926. The van der Waals surface area contributed by atoms with Crippen molar-refractivity contribution in [1.29, 1.82) is 0 Å². The second kappa shape index (κ2) is 10.8. The van der Waals surface area contributed by atoms with Crippen molar-refractivity contribution in [3.8, 4) is 44.8 Å². The molecule has 0 aliphatic carbocycles. The molecule has 0 aliphatic rings. The number of nitrogens with zero attached hydrogens (tertiary/aromatic N) is 3. The van der Waals surface area contributed by atoms with Crippen molar-refractivity contribution in [3.63, 3.8) is 0 Å². The van der Waals surface area contributed by atoms with Crippen LogP contribution in [0, 0.1) is 0 Å². The lowest BCUT2D eigenvalue weighted by atomic mass is 9.90. The van der Waals surface area contributed by atoms with Crippen molar-refractivity contribution >= 4 is 43.5 Å². The van der Waals surface area contributed by atoms with Crippen LogP contribution in [0.25, 0.3) is 88.2 Å². The number of hydrogen-bond acceptors (Lipinski definition) is 3. The monoisotopic (exact) mass is 585 g/mol. The van der Waals surface area contributed by atoms with Crippen molar-refractivity contribution in [3.05, 3.63) is 164 Å². The second-order valence-corrected chi connectivity index (χ2v) is 11.6. The Balaban J connectivity index is 1.22. The third kappa shape index (κ3) is 4.41. The summed E-state index contributed by atoms with van der Waals surface area (Å²) >= 11 is 0. The number of benzene rings is 6. The Kier molecular flexibility index (Phi) is 6.14. The van der Waals surface area contributed by atoms with Gasteiger partial charge in [-0.05, 0) is 57.3 Å². The summed E-state index contributed by atoms with van der Waals surface area (Å²) in [7, 11) is 0. The fraction of sp³-hybridized carbons (Fsp3) is 0. The molecule has 3 nitrogen and oxygen atoms in total. The van der Waals surface area contributed by atoms with Crippen LogP contribution < -0.4 is 0 Å². The van der Waals surface area contributed by atoms with E-state index < -0.39 is 0 Å². The molecule has 9 rings (SSSR count). The molecule has 0 bridgehead atoms. The smallest absolute Gasteiger partial charge is 0.0972 e. The van der Waals surface area contributed by atoms with Gasteiger partial charge in [-0.15, -0.1) is 0 Å². The molecule has 0 spiro atoms. The molecule has 0 aliphatic heterocycles. The normalized spacial score (nSPS) is 11.5. The van der Waals surface area contributed by atoms with Crippen molar-refractivity contribution in [2.24, 2.45) is 0 Å². The molecule has 0 saturated heterocycles. The summed E-state index contributed by atoms with van der Waals surface area (Å²) in [6.07, 6.45) is 1.83. The Hall–Kier alpha value is -6.19. The third-order valence-electron chi connectivity index (χ3n) is 8.89. The molecule has 9 aromatic rings. The van der Waals surface area contributed by atoms with Gasteiger partial charge in [0.1, 0.15) is 0 Å². The predicted octanol–water partition coefficient (Wildman–Crippen LogP) is 11.2. The zero-order valence-electron chi connectivity index (χ0n) is 24.9. The topological polar surface area (TPSA) is 38.7 Å². The fourth-order valence-electron chi connectivity index (χ4n) is 6.65. The maximum absolute atomic E-state index is 5.27. The maximum Gasteiger partial charge on any atom is 0.0972 e. The van der Waals surface area contributed by atoms with Gasteiger partial charge in [-0.25, -0.2) is 9.97 Å². The van der Waals surface area contributed by atoms with Crippen LogP contribution in [0.1, 0.15) is 0 Å². The summed E-state index contributed by atoms with van der Waals surface area (Å²) in [6, 6.07) is 55.5. The van der Waals surface area contributed by atoms with Gasteiger partial charge in [0.25, 0.3) is 0 Å². The molecule has 0 amide bonds. The van der Waals surface area contributed by atoms with Crippen LogP contribution in [0.5, 0.6) is 0 Å². The first-order valence-electron chi connectivity index (χ1n) is 15.5. The van der Waals surface area contributed by atoms with Crippen LogP contribution in [0.2, 0.25) is 0 Å².